The van der Waals surface area contributed by atoms with E-state index >= 15 is 0 Å². The molecule has 3 nitrogen and oxygen atoms in total. The lowest BCUT2D eigenvalue weighted by molar-refractivity contribution is -0.140. The van der Waals surface area contributed by atoms with Crippen LogP contribution in [-0.4, -0.2) is 25.5 Å². The van der Waals surface area contributed by atoms with Crippen LogP contribution in [0.4, 0.5) is 17.6 Å². The third kappa shape index (κ3) is 3.53. The van der Waals surface area contributed by atoms with Gasteiger partial charge in [0.25, 0.3) is 0 Å². The van der Waals surface area contributed by atoms with Crippen molar-refractivity contribution in [3.63, 3.8) is 0 Å². The highest BCUT2D eigenvalue weighted by Gasteiger charge is 2.35. The van der Waals surface area contributed by atoms with Gasteiger partial charge in [0.2, 0.25) is 5.91 Å². The Morgan fingerprint density at radius 2 is 2.10 bits per heavy atom. The summed E-state index contributed by atoms with van der Waals surface area (Å²) >= 11 is 0. The minimum absolute atomic E-state index is 0.196. The molecule has 1 heterocycles. The van der Waals surface area contributed by atoms with Crippen molar-refractivity contribution >= 4 is 5.91 Å². The first kappa shape index (κ1) is 15.8. The van der Waals surface area contributed by atoms with Crippen molar-refractivity contribution in [2.45, 2.75) is 31.0 Å². The molecule has 0 saturated carbocycles. The smallest absolute Gasteiger partial charge is 0.358 e. The number of hydrogen-bond donors (Lipinski definition) is 2. The fraction of sp³-hybridized carbons (Fsp3) is 0.500. The predicted octanol–water partition coefficient (Wildman–Crippen LogP) is 2.43. The molecule has 1 aliphatic rings. The maximum atomic E-state index is 13.3. The highest BCUT2D eigenvalue weighted by Crippen LogP contribution is 2.35. The minimum Gasteiger partial charge on any atom is -0.358 e. The Bertz CT molecular complexity index is 530. The number of nitrogens with one attached hydrogen (secondary N) is 2. The van der Waals surface area contributed by atoms with Gasteiger partial charge < -0.3 is 10.6 Å². The van der Waals surface area contributed by atoms with Crippen LogP contribution < -0.4 is 10.6 Å². The van der Waals surface area contributed by atoms with Gasteiger partial charge in [-0.2, -0.15) is 13.2 Å². The molecular weight excluding hydrogens is 288 g/mol. The number of alkyl halides is 3. The summed E-state index contributed by atoms with van der Waals surface area (Å²) in [6, 6.07) is 2.62. The van der Waals surface area contributed by atoms with E-state index in [1.165, 1.54) is 13.1 Å². The lowest BCUT2D eigenvalue weighted by Crippen LogP contribution is -2.47. The second kappa shape index (κ2) is 6.01. The van der Waals surface area contributed by atoms with Crippen molar-refractivity contribution in [3.8, 4) is 0 Å². The van der Waals surface area contributed by atoms with Crippen LogP contribution in [0.3, 0.4) is 0 Å². The molecule has 116 valence electrons. The Balaban J connectivity index is 2.24. The molecule has 21 heavy (non-hydrogen) atoms. The average Bonchev–Trinajstić information content (AvgIpc) is 2.46. The molecule has 1 aromatic rings. The molecule has 0 bridgehead atoms. The molecule has 0 aliphatic carbocycles. The first-order valence-electron chi connectivity index (χ1n) is 6.64. The van der Waals surface area contributed by atoms with Crippen LogP contribution in [-0.2, 0) is 11.0 Å². The Kier molecular flexibility index (Phi) is 4.51. The van der Waals surface area contributed by atoms with Crippen molar-refractivity contribution in [1.82, 2.24) is 10.6 Å². The van der Waals surface area contributed by atoms with Gasteiger partial charge in [-0.3, -0.25) is 4.79 Å². The second-order valence-electron chi connectivity index (χ2n) is 5.08. The molecule has 1 aromatic carbocycles. The fourth-order valence-corrected chi connectivity index (χ4v) is 2.61. The van der Waals surface area contributed by atoms with E-state index in [2.05, 4.69) is 10.6 Å². The first-order valence-corrected chi connectivity index (χ1v) is 6.64. The van der Waals surface area contributed by atoms with Gasteiger partial charge in [-0.1, -0.05) is 6.07 Å². The summed E-state index contributed by atoms with van der Waals surface area (Å²) in [4.78, 5) is 11.6. The van der Waals surface area contributed by atoms with Gasteiger partial charge in [-0.25, -0.2) is 4.39 Å². The third-order valence-electron chi connectivity index (χ3n) is 3.73. The molecule has 2 atom stereocenters. The van der Waals surface area contributed by atoms with Gasteiger partial charge in [0.15, 0.2) is 0 Å². The van der Waals surface area contributed by atoms with Crippen LogP contribution in [0.15, 0.2) is 18.2 Å². The minimum atomic E-state index is -4.72. The van der Waals surface area contributed by atoms with Crippen molar-refractivity contribution in [2.24, 2.45) is 0 Å². The zero-order chi connectivity index (χ0) is 15.6. The van der Waals surface area contributed by atoms with Crippen LogP contribution >= 0.6 is 0 Å². The highest BCUT2D eigenvalue weighted by molar-refractivity contribution is 5.81. The number of benzene rings is 1. The lowest BCUT2D eigenvalue weighted by atomic mass is 9.85. The normalized spacial score (nSPS) is 22.9. The highest BCUT2D eigenvalue weighted by atomic mass is 19.4. The standard InChI is InChI=1S/C14H16F4N2O/c1-19-13(21)12-7-9(4-5-20-12)8-2-3-11(15)10(6-8)14(16,17)18/h2-3,6,9,12,20H,4-5,7H2,1H3,(H,19,21). The number of carbonyl (C=O) groups is 1. The van der Waals surface area contributed by atoms with E-state index < -0.39 is 23.6 Å². The molecule has 2 rings (SSSR count). The number of likely N-dealkylation sites (N-methyl/N-ethyl adjacent to an activating group) is 1. The molecule has 0 radical (unpaired) electrons. The van der Waals surface area contributed by atoms with Gasteiger partial charge in [0.05, 0.1) is 11.6 Å². The van der Waals surface area contributed by atoms with Gasteiger partial charge >= 0.3 is 6.18 Å². The monoisotopic (exact) mass is 304 g/mol. The average molecular weight is 304 g/mol. The van der Waals surface area contributed by atoms with Crippen molar-refractivity contribution in [1.29, 1.82) is 0 Å². The van der Waals surface area contributed by atoms with Crippen molar-refractivity contribution < 1.29 is 22.4 Å². The molecule has 1 fully saturated rings. The lowest BCUT2D eigenvalue weighted by Gasteiger charge is -2.29. The Morgan fingerprint density at radius 1 is 1.38 bits per heavy atom. The molecule has 1 saturated heterocycles. The van der Waals surface area contributed by atoms with E-state index in [1.807, 2.05) is 0 Å². The fourth-order valence-electron chi connectivity index (χ4n) is 2.61. The summed E-state index contributed by atoms with van der Waals surface area (Å²) in [6.07, 6.45) is -3.72. The summed E-state index contributed by atoms with van der Waals surface area (Å²) in [6.45, 7) is 0.529. The molecule has 7 heteroatoms. The largest absolute Gasteiger partial charge is 0.419 e. The van der Waals surface area contributed by atoms with Crippen LogP contribution in [0.2, 0.25) is 0 Å². The SMILES string of the molecule is CNC(=O)C1CC(c2ccc(F)c(C(F)(F)F)c2)CCN1. The summed E-state index contributed by atoms with van der Waals surface area (Å²) in [5.74, 6) is -1.67. The van der Waals surface area contributed by atoms with E-state index in [0.29, 0.717) is 24.9 Å². The van der Waals surface area contributed by atoms with Crippen LogP contribution in [0.5, 0.6) is 0 Å². The molecule has 2 unspecified atom stereocenters. The van der Waals surface area contributed by atoms with E-state index in [0.717, 1.165) is 12.1 Å². The quantitative estimate of drug-likeness (QED) is 0.824. The summed E-state index contributed by atoms with van der Waals surface area (Å²) in [7, 11) is 1.51. The summed E-state index contributed by atoms with van der Waals surface area (Å²) in [5, 5.41) is 5.53. The first-order chi connectivity index (χ1) is 9.82. The van der Waals surface area contributed by atoms with Gasteiger partial charge in [-0.15, -0.1) is 0 Å². The molecule has 1 amide bonds. The number of amides is 1. The molecule has 0 spiro atoms. The topological polar surface area (TPSA) is 41.1 Å². The molecule has 1 aliphatic heterocycles. The zero-order valence-corrected chi connectivity index (χ0v) is 11.4. The van der Waals surface area contributed by atoms with Crippen molar-refractivity contribution in [3.05, 3.63) is 35.1 Å². The maximum Gasteiger partial charge on any atom is 0.419 e. The predicted molar refractivity (Wildman–Crippen MR) is 69.2 cm³/mol. The maximum absolute atomic E-state index is 13.3. The van der Waals surface area contributed by atoms with Crippen molar-refractivity contribution in [2.75, 3.05) is 13.6 Å². The Labute approximate surface area is 119 Å². The van der Waals surface area contributed by atoms with Crippen LogP contribution in [0, 0.1) is 5.82 Å². The van der Waals surface area contributed by atoms with Crippen LogP contribution in [0.1, 0.15) is 29.9 Å². The molecular formula is C14H16F4N2O. The zero-order valence-electron chi connectivity index (χ0n) is 11.4. The summed E-state index contributed by atoms with van der Waals surface area (Å²) < 4.78 is 51.5. The van der Waals surface area contributed by atoms with Gasteiger partial charge in [0.1, 0.15) is 5.82 Å². The summed E-state index contributed by atoms with van der Waals surface area (Å²) in [5.41, 5.74) is -0.839. The third-order valence-corrected chi connectivity index (χ3v) is 3.73. The number of halogens is 4. The second-order valence-corrected chi connectivity index (χ2v) is 5.08. The number of piperidine rings is 1. The number of rotatable bonds is 2. The van der Waals surface area contributed by atoms with E-state index in [4.69, 9.17) is 0 Å². The van der Waals surface area contributed by atoms with Gasteiger partial charge in [0, 0.05) is 7.05 Å². The Morgan fingerprint density at radius 3 is 2.71 bits per heavy atom. The molecule has 2 N–H and O–H groups in total. The van der Waals surface area contributed by atoms with E-state index in [1.54, 1.807) is 0 Å². The molecule has 0 aromatic heterocycles. The number of carbonyl (C=O) groups excluding carboxylic acids is 1. The van der Waals surface area contributed by atoms with E-state index in [-0.39, 0.29) is 11.8 Å². The van der Waals surface area contributed by atoms with E-state index in [9.17, 15) is 22.4 Å². The van der Waals surface area contributed by atoms with Gasteiger partial charge in [-0.05, 0) is 43.0 Å². The van der Waals surface area contributed by atoms with Crippen LogP contribution in [0.25, 0.3) is 0 Å². The Hall–Kier alpha value is -1.63. The number of hydrogen-bond acceptors (Lipinski definition) is 2.